The van der Waals surface area contributed by atoms with Gasteiger partial charge in [-0.15, -0.1) is 0 Å². The lowest BCUT2D eigenvalue weighted by atomic mass is 10.0. The van der Waals surface area contributed by atoms with E-state index in [-0.39, 0.29) is 5.91 Å². The Morgan fingerprint density at radius 2 is 1.71 bits per heavy atom. The molecule has 1 N–H and O–H groups in total. The van der Waals surface area contributed by atoms with E-state index in [9.17, 15) is 4.79 Å². The molecule has 1 aliphatic heterocycles. The number of hydrogen-bond acceptors (Lipinski definition) is 3. The van der Waals surface area contributed by atoms with Gasteiger partial charge in [0.1, 0.15) is 0 Å². The molecule has 3 aromatic carbocycles. The number of carbonyl (C=O) groups excluding carboxylic acids is 1. The van der Waals surface area contributed by atoms with E-state index in [0.717, 1.165) is 36.3 Å². The minimum absolute atomic E-state index is 0.102. The van der Waals surface area contributed by atoms with Crippen LogP contribution in [0.5, 0.6) is 0 Å². The Hall–Kier alpha value is -2.56. The number of amides is 1. The van der Waals surface area contributed by atoms with E-state index in [1.165, 1.54) is 22.5 Å². The fraction of sp³-hybridized carbons (Fsp3) is 0.208. The van der Waals surface area contributed by atoms with E-state index in [1.54, 1.807) is 6.08 Å². The van der Waals surface area contributed by atoms with Crippen molar-refractivity contribution in [2.75, 3.05) is 29.9 Å². The second-order valence-corrected chi connectivity index (χ2v) is 8.16. The minimum Gasteiger partial charge on any atom is -0.322 e. The normalized spacial score (nSPS) is 15.1. The molecule has 1 saturated heterocycles. The number of fused-ring (bicyclic) bond motifs is 1. The summed E-state index contributed by atoms with van der Waals surface area (Å²) in [7, 11) is 0. The third-order valence-electron chi connectivity index (χ3n) is 5.01. The lowest BCUT2D eigenvalue weighted by Gasteiger charge is -2.27. The van der Waals surface area contributed by atoms with Crippen LogP contribution in [-0.4, -0.2) is 35.4 Å². The smallest absolute Gasteiger partial charge is 0.248 e. The number of rotatable bonds is 5. The fourth-order valence-electron chi connectivity index (χ4n) is 3.52. The van der Waals surface area contributed by atoms with Crippen LogP contribution in [0.15, 0.2) is 72.8 Å². The number of benzene rings is 3. The maximum Gasteiger partial charge on any atom is 0.248 e. The van der Waals surface area contributed by atoms with Crippen LogP contribution in [0.25, 0.3) is 16.8 Å². The number of nitrogens with zero attached hydrogens (tertiary/aromatic N) is 1. The van der Waals surface area contributed by atoms with Gasteiger partial charge in [-0.3, -0.25) is 9.69 Å². The summed E-state index contributed by atoms with van der Waals surface area (Å²) in [4.78, 5) is 15.0. The Labute approximate surface area is 170 Å². The van der Waals surface area contributed by atoms with E-state index in [1.807, 2.05) is 60.3 Å². The molecule has 0 aromatic heterocycles. The molecule has 28 heavy (non-hydrogen) atoms. The number of para-hydroxylation sites is 1. The van der Waals surface area contributed by atoms with Crippen molar-refractivity contribution in [3.63, 3.8) is 0 Å². The summed E-state index contributed by atoms with van der Waals surface area (Å²) in [6, 6.07) is 22.5. The predicted molar refractivity (Wildman–Crippen MR) is 121 cm³/mol. The molecule has 0 aliphatic carbocycles. The van der Waals surface area contributed by atoms with E-state index < -0.39 is 0 Å². The molecular formula is C24H24N2OS. The molecule has 0 atom stereocenters. The van der Waals surface area contributed by atoms with Gasteiger partial charge in [-0.25, -0.2) is 0 Å². The van der Waals surface area contributed by atoms with Gasteiger partial charge in [-0.2, -0.15) is 11.8 Å². The molecule has 3 aromatic rings. The van der Waals surface area contributed by atoms with Crippen molar-refractivity contribution in [1.29, 1.82) is 0 Å². The average molecular weight is 389 g/mol. The van der Waals surface area contributed by atoms with Crippen LogP contribution in [0.1, 0.15) is 11.1 Å². The molecule has 1 heterocycles. The van der Waals surface area contributed by atoms with Crippen molar-refractivity contribution >= 4 is 40.2 Å². The lowest BCUT2D eigenvalue weighted by Crippen LogP contribution is -2.32. The number of carbonyl (C=O) groups is 1. The Morgan fingerprint density at radius 1 is 0.964 bits per heavy atom. The van der Waals surface area contributed by atoms with E-state index in [4.69, 9.17) is 0 Å². The average Bonchev–Trinajstić information content (AvgIpc) is 2.74. The van der Waals surface area contributed by atoms with Crippen LogP contribution in [0.4, 0.5) is 5.69 Å². The quantitative estimate of drug-likeness (QED) is 0.622. The third kappa shape index (κ3) is 4.64. The zero-order valence-electron chi connectivity index (χ0n) is 15.8. The van der Waals surface area contributed by atoms with Crippen LogP contribution in [-0.2, 0) is 11.3 Å². The van der Waals surface area contributed by atoms with Crippen molar-refractivity contribution in [1.82, 2.24) is 4.90 Å². The van der Waals surface area contributed by atoms with Gasteiger partial charge in [0.15, 0.2) is 0 Å². The highest BCUT2D eigenvalue weighted by atomic mass is 32.2. The first-order valence-corrected chi connectivity index (χ1v) is 10.8. The molecule has 0 radical (unpaired) electrons. The van der Waals surface area contributed by atoms with Crippen molar-refractivity contribution in [3.8, 4) is 0 Å². The molecule has 1 fully saturated rings. The summed E-state index contributed by atoms with van der Waals surface area (Å²) in [6.45, 7) is 3.09. The topological polar surface area (TPSA) is 32.3 Å². The first kappa shape index (κ1) is 18.8. The Bertz CT molecular complexity index is 987. The number of anilines is 1. The van der Waals surface area contributed by atoms with Gasteiger partial charge in [0.2, 0.25) is 5.91 Å². The number of hydrogen-bond donors (Lipinski definition) is 1. The maximum absolute atomic E-state index is 12.6. The molecule has 0 saturated carbocycles. The van der Waals surface area contributed by atoms with E-state index >= 15 is 0 Å². The minimum atomic E-state index is -0.102. The standard InChI is InChI=1S/C24H24N2OS/c27-24(13-12-20-9-5-8-19-6-1-3-10-22(19)20)25-23-11-4-2-7-21(23)18-26-14-16-28-17-15-26/h1-13H,14-18H2,(H,25,27)/b13-12+. The van der Waals surface area contributed by atoms with Crippen LogP contribution >= 0.6 is 11.8 Å². The van der Waals surface area contributed by atoms with Crippen molar-refractivity contribution in [2.45, 2.75) is 6.54 Å². The largest absolute Gasteiger partial charge is 0.322 e. The molecule has 1 amide bonds. The Balaban J connectivity index is 1.47. The van der Waals surface area contributed by atoms with Gasteiger partial charge in [-0.05, 0) is 34.0 Å². The second-order valence-electron chi connectivity index (χ2n) is 6.94. The summed E-state index contributed by atoms with van der Waals surface area (Å²) in [5.41, 5.74) is 3.11. The highest BCUT2D eigenvalue weighted by molar-refractivity contribution is 7.99. The summed E-state index contributed by atoms with van der Waals surface area (Å²) >= 11 is 2.01. The van der Waals surface area contributed by atoms with Crippen molar-refractivity contribution in [2.24, 2.45) is 0 Å². The third-order valence-corrected chi connectivity index (χ3v) is 5.95. The molecule has 0 spiro atoms. The summed E-state index contributed by atoms with van der Waals surface area (Å²) in [5.74, 6) is 2.26. The Morgan fingerprint density at radius 3 is 2.61 bits per heavy atom. The lowest BCUT2D eigenvalue weighted by molar-refractivity contribution is -0.111. The molecule has 3 nitrogen and oxygen atoms in total. The molecular weight excluding hydrogens is 364 g/mol. The van der Waals surface area contributed by atoms with Gasteiger partial charge < -0.3 is 5.32 Å². The molecule has 4 rings (SSSR count). The first-order valence-electron chi connectivity index (χ1n) is 9.64. The summed E-state index contributed by atoms with van der Waals surface area (Å²) in [5, 5.41) is 5.39. The zero-order chi connectivity index (χ0) is 19.2. The second kappa shape index (κ2) is 9.09. The predicted octanol–water partition coefficient (Wildman–Crippen LogP) is 5.04. The van der Waals surface area contributed by atoms with Crippen molar-refractivity contribution in [3.05, 3.63) is 83.9 Å². The van der Waals surface area contributed by atoms with Gasteiger partial charge in [0.05, 0.1) is 0 Å². The van der Waals surface area contributed by atoms with Crippen LogP contribution in [0.2, 0.25) is 0 Å². The van der Waals surface area contributed by atoms with Crippen LogP contribution < -0.4 is 5.32 Å². The van der Waals surface area contributed by atoms with E-state index in [2.05, 4.69) is 34.5 Å². The first-order chi connectivity index (χ1) is 13.8. The monoisotopic (exact) mass is 388 g/mol. The number of nitrogens with one attached hydrogen (secondary N) is 1. The fourth-order valence-corrected chi connectivity index (χ4v) is 4.49. The van der Waals surface area contributed by atoms with Gasteiger partial charge in [0.25, 0.3) is 0 Å². The number of thioether (sulfide) groups is 1. The molecule has 4 heteroatoms. The molecule has 0 unspecified atom stereocenters. The molecule has 1 aliphatic rings. The van der Waals surface area contributed by atoms with Gasteiger partial charge in [0, 0.05) is 42.9 Å². The van der Waals surface area contributed by atoms with E-state index in [0.29, 0.717) is 0 Å². The maximum atomic E-state index is 12.6. The van der Waals surface area contributed by atoms with Crippen molar-refractivity contribution < 1.29 is 4.79 Å². The van der Waals surface area contributed by atoms with Gasteiger partial charge >= 0.3 is 0 Å². The van der Waals surface area contributed by atoms with Crippen LogP contribution in [0, 0.1) is 0 Å². The molecule has 0 bridgehead atoms. The van der Waals surface area contributed by atoms with Gasteiger partial charge in [-0.1, -0.05) is 60.7 Å². The molecule has 142 valence electrons. The summed E-state index contributed by atoms with van der Waals surface area (Å²) in [6.07, 6.45) is 3.51. The highest BCUT2D eigenvalue weighted by Gasteiger charge is 2.13. The Kier molecular flexibility index (Phi) is 6.10. The summed E-state index contributed by atoms with van der Waals surface area (Å²) < 4.78 is 0. The van der Waals surface area contributed by atoms with Crippen LogP contribution in [0.3, 0.4) is 0 Å². The SMILES string of the molecule is O=C(/C=C/c1cccc2ccccc12)Nc1ccccc1CN1CCSCC1. The highest BCUT2D eigenvalue weighted by Crippen LogP contribution is 2.21. The zero-order valence-corrected chi connectivity index (χ0v) is 16.6.